The van der Waals surface area contributed by atoms with Gasteiger partial charge in [0.05, 0.1) is 6.61 Å². The summed E-state index contributed by atoms with van der Waals surface area (Å²) in [5, 5.41) is 12.8. The second-order valence-electron chi connectivity index (χ2n) is 3.25. The number of nitrogens with zero attached hydrogens (tertiary/aromatic N) is 4. The van der Waals surface area contributed by atoms with Crippen molar-refractivity contribution in [3.05, 3.63) is 5.82 Å². The molecule has 1 aliphatic rings. The van der Waals surface area contributed by atoms with Crippen molar-refractivity contribution in [1.82, 2.24) is 19.8 Å². The van der Waals surface area contributed by atoms with Crippen molar-refractivity contribution in [2.45, 2.75) is 12.3 Å². The Labute approximate surface area is 83.7 Å². The van der Waals surface area contributed by atoms with Gasteiger partial charge in [0.1, 0.15) is 0 Å². The number of nitrogens with two attached hydrogens (primary N) is 1. The molecule has 1 aliphatic heterocycles. The van der Waals surface area contributed by atoms with Gasteiger partial charge in [-0.15, -0.1) is 15.3 Å². The summed E-state index contributed by atoms with van der Waals surface area (Å²) in [6.45, 7) is 1.50. The Hall–Kier alpha value is -1.21. The molecule has 74 valence electrons. The van der Waals surface area contributed by atoms with Gasteiger partial charge in [-0.2, -0.15) is 4.52 Å². The van der Waals surface area contributed by atoms with Crippen LogP contribution in [0.2, 0.25) is 0 Å². The van der Waals surface area contributed by atoms with Crippen LogP contribution < -0.4 is 5.73 Å². The van der Waals surface area contributed by atoms with Crippen molar-refractivity contribution < 1.29 is 4.74 Å². The molecule has 0 spiro atoms. The van der Waals surface area contributed by atoms with Gasteiger partial charge in [-0.3, -0.25) is 0 Å². The number of aromatic nitrogens is 4. The van der Waals surface area contributed by atoms with E-state index in [-0.39, 0.29) is 0 Å². The van der Waals surface area contributed by atoms with Crippen molar-refractivity contribution in [3.63, 3.8) is 0 Å². The van der Waals surface area contributed by atoms with Gasteiger partial charge in [-0.1, -0.05) is 11.3 Å². The molecule has 0 aliphatic carbocycles. The highest BCUT2D eigenvalue weighted by Crippen LogP contribution is 2.25. The van der Waals surface area contributed by atoms with Crippen molar-refractivity contribution in [1.29, 1.82) is 0 Å². The van der Waals surface area contributed by atoms with Gasteiger partial charge in [0.15, 0.2) is 5.82 Å². The largest absolute Gasteiger partial charge is 0.381 e. The molecule has 2 aromatic heterocycles. The summed E-state index contributed by atoms with van der Waals surface area (Å²) in [5.74, 6) is 1.18. The third-order valence-electron chi connectivity index (χ3n) is 2.33. The minimum absolute atomic E-state index is 0.312. The Morgan fingerprint density at radius 3 is 3.21 bits per heavy atom. The molecule has 0 amide bonds. The number of fused-ring (bicyclic) bond motifs is 1. The molecule has 1 atom stereocenters. The molecule has 2 aromatic rings. The van der Waals surface area contributed by atoms with E-state index >= 15 is 0 Å². The SMILES string of the molecule is Nc1nn2c(C3CCOC3)nnc2s1. The summed E-state index contributed by atoms with van der Waals surface area (Å²) in [7, 11) is 0. The molecule has 0 bridgehead atoms. The van der Waals surface area contributed by atoms with Crippen molar-refractivity contribution >= 4 is 21.4 Å². The molecule has 3 heterocycles. The van der Waals surface area contributed by atoms with Gasteiger partial charge >= 0.3 is 0 Å². The standard InChI is InChI=1S/C7H9N5OS/c8-6-11-12-5(4-1-2-13-3-4)9-10-7(12)14-6/h4H,1-3H2,(H2,8,11). The quantitative estimate of drug-likeness (QED) is 0.732. The lowest BCUT2D eigenvalue weighted by molar-refractivity contribution is 0.193. The molecule has 7 heteroatoms. The molecular formula is C7H9N5OS. The van der Waals surface area contributed by atoms with Crippen LogP contribution in [0.1, 0.15) is 18.2 Å². The monoisotopic (exact) mass is 211 g/mol. The second kappa shape index (κ2) is 2.89. The van der Waals surface area contributed by atoms with E-state index in [2.05, 4.69) is 15.3 Å². The summed E-state index contributed by atoms with van der Waals surface area (Å²) in [6, 6.07) is 0. The minimum atomic E-state index is 0.312. The maximum absolute atomic E-state index is 5.59. The highest BCUT2D eigenvalue weighted by Gasteiger charge is 2.24. The Morgan fingerprint density at radius 1 is 1.50 bits per heavy atom. The molecule has 1 saturated heterocycles. The second-order valence-corrected chi connectivity index (χ2v) is 4.24. The van der Waals surface area contributed by atoms with E-state index in [1.807, 2.05) is 0 Å². The number of ether oxygens (including phenoxy) is 1. The number of anilines is 1. The molecule has 1 unspecified atom stereocenters. The number of nitrogen functional groups attached to an aromatic ring is 1. The van der Waals surface area contributed by atoms with Crippen molar-refractivity contribution in [2.75, 3.05) is 18.9 Å². The van der Waals surface area contributed by atoms with Gasteiger partial charge in [-0.25, -0.2) is 0 Å². The number of hydrogen-bond donors (Lipinski definition) is 1. The molecule has 3 rings (SSSR count). The predicted octanol–water partition coefficient (Wildman–Crippen LogP) is 0.272. The van der Waals surface area contributed by atoms with E-state index in [9.17, 15) is 0 Å². The fraction of sp³-hybridized carbons (Fsp3) is 0.571. The zero-order chi connectivity index (χ0) is 9.54. The lowest BCUT2D eigenvalue weighted by Crippen LogP contribution is -2.04. The van der Waals surface area contributed by atoms with Crippen LogP contribution in [0, 0.1) is 0 Å². The van der Waals surface area contributed by atoms with Crippen molar-refractivity contribution in [3.8, 4) is 0 Å². The van der Waals surface area contributed by atoms with E-state index in [1.165, 1.54) is 11.3 Å². The van der Waals surface area contributed by atoms with Gasteiger partial charge in [0.2, 0.25) is 10.1 Å². The first-order valence-corrected chi connectivity index (χ1v) is 5.21. The first-order valence-electron chi connectivity index (χ1n) is 4.40. The Balaban J connectivity index is 2.10. The van der Waals surface area contributed by atoms with Crippen molar-refractivity contribution in [2.24, 2.45) is 0 Å². The van der Waals surface area contributed by atoms with E-state index in [1.54, 1.807) is 4.52 Å². The Bertz CT molecular complexity index is 458. The molecule has 0 aromatic carbocycles. The Morgan fingerprint density at radius 2 is 2.43 bits per heavy atom. The summed E-state index contributed by atoms with van der Waals surface area (Å²) in [4.78, 5) is 0.754. The average molecular weight is 211 g/mol. The fourth-order valence-corrected chi connectivity index (χ4v) is 2.25. The predicted molar refractivity (Wildman–Crippen MR) is 51.2 cm³/mol. The van der Waals surface area contributed by atoms with Crippen LogP contribution in [-0.2, 0) is 4.74 Å². The molecule has 14 heavy (non-hydrogen) atoms. The van der Waals surface area contributed by atoms with Crippen LogP contribution in [0.4, 0.5) is 5.13 Å². The lowest BCUT2D eigenvalue weighted by atomic mass is 10.1. The number of rotatable bonds is 1. The third-order valence-corrected chi connectivity index (χ3v) is 3.05. The summed E-state index contributed by atoms with van der Waals surface area (Å²) < 4.78 is 7.02. The summed E-state index contributed by atoms with van der Waals surface area (Å²) >= 11 is 1.35. The van der Waals surface area contributed by atoms with E-state index in [0.29, 0.717) is 17.7 Å². The first kappa shape index (κ1) is 8.13. The molecule has 0 saturated carbocycles. The van der Waals surface area contributed by atoms with Crippen LogP contribution in [0.5, 0.6) is 0 Å². The Kier molecular flexibility index (Phi) is 1.68. The first-order chi connectivity index (χ1) is 6.84. The topological polar surface area (TPSA) is 78.3 Å². The number of hydrogen-bond acceptors (Lipinski definition) is 6. The smallest absolute Gasteiger partial charge is 0.236 e. The molecule has 2 N–H and O–H groups in total. The average Bonchev–Trinajstić information content (AvgIpc) is 2.77. The lowest BCUT2D eigenvalue weighted by Gasteiger charge is -2.01. The van der Waals surface area contributed by atoms with E-state index in [0.717, 1.165) is 23.8 Å². The maximum Gasteiger partial charge on any atom is 0.236 e. The van der Waals surface area contributed by atoms with Gasteiger partial charge in [0.25, 0.3) is 0 Å². The van der Waals surface area contributed by atoms with Crippen LogP contribution in [0.15, 0.2) is 0 Å². The molecule has 6 nitrogen and oxygen atoms in total. The summed E-state index contributed by atoms with van der Waals surface area (Å²) in [5.41, 5.74) is 5.59. The van der Waals surface area contributed by atoms with E-state index in [4.69, 9.17) is 10.5 Å². The van der Waals surface area contributed by atoms with Crippen LogP contribution >= 0.6 is 11.3 Å². The van der Waals surface area contributed by atoms with Gasteiger partial charge in [-0.05, 0) is 6.42 Å². The zero-order valence-electron chi connectivity index (χ0n) is 7.38. The molecular weight excluding hydrogens is 202 g/mol. The third kappa shape index (κ3) is 1.09. The summed E-state index contributed by atoms with van der Waals surface area (Å²) in [6.07, 6.45) is 0.984. The zero-order valence-corrected chi connectivity index (χ0v) is 8.20. The minimum Gasteiger partial charge on any atom is -0.381 e. The molecule has 1 fully saturated rings. The highest BCUT2D eigenvalue weighted by atomic mass is 32.1. The van der Waals surface area contributed by atoms with Gasteiger partial charge in [0, 0.05) is 12.5 Å². The fourth-order valence-electron chi connectivity index (χ4n) is 1.64. The highest BCUT2D eigenvalue weighted by molar-refractivity contribution is 7.20. The maximum atomic E-state index is 5.59. The molecule has 0 radical (unpaired) electrons. The normalized spacial score (nSPS) is 22.1. The van der Waals surface area contributed by atoms with Crippen LogP contribution in [0.25, 0.3) is 4.96 Å². The van der Waals surface area contributed by atoms with Crippen LogP contribution in [-0.4, -0.2) is 33.0 Å². The van der Waals surface area contributed by atoms with Gasteiger partial charge < -0.3 is 10.5 Å². The van der Waals surface area contributed by atoms with Crippen LogP contribution in [0.3, 0.4) is 0 Å². The van der Waals surface area contributed by atoms with E-state index < -0.39 is 0 Å².